The van der Waals surface area contributed by atoms with Crippen LogP contribution in [0, 0.1) is 0 Å². The molecule has 0 radical (unpaired) electrons. The van der Waals surface area contributed by atoms with Gasteiger partial charge in [0.15, 0.2) is 0 Å². The molecular formula is C11H10N2O2S2. The van der Waals surface area contributed by atoms with E-state index in [-0.39, 0.29) is 5.97 Å². The lowest BCUT2D eigenvalue weighted by Gasteiger charge is -2.01. The molecule has 0 bridgehead atoms. The molecule has 0 aliphatic carbocycles. The minimum atomic E-state index is -0.364. The number of esters is 1. The molecule has 0 N–H and O–H groups in total. The molecular weight excluding hydrogens is 256 g/mol. The molecule has 2 aromatic heterocycles. The van der Waals surface area contributed by atoms with E-state index >= 15 is 0 Å². The van der Waals surface area contributed by atoms with Gasteiger partial charge in [-0.15, -0.1) is 11.3 Å². The van der Waals surface area contributed by atoms with Crippen LogP contribution in [0.2, 0.25) is 0 Å². The first-order valence-corrected chi connectivity index (χ1v) is 6.71. The van der Waals surface area contributed by atoms with E-state index in [1.807, 2.05) is 11.4 Å². The fourth-order valence-electron chi connectivity index (χ4n) is 1.17. The summed E-state index contributed by atoms with van der Waals surface area (Å²) in [5, 5.41) is 1.94. The number of rotatable bonds is 4. The number of ether oxygens (including phenoxy) is 1. The van der Waals surface area contributed by atoms with Gasteiger partial charge in [0.1, 0.15) is 4.34 Å². The number of methoxy groups -OCH3 is 1. The average molecular weight is 266 g/mol. The van der Waals surface area contributed by atoms with Gasteiger partial charge in [0.25, 0.3) is 0 Å². The molecule has 6 heteroatoms. The molecule has 0 amide bonds. The molecule has 0 saturated carbocycles. The van der Waals surface area contributed by atoms with Crippen LogP contribution in [0.4, 0.5) is 0 Å². The molecule has 0 aliphatic rings. The minimum absolute atomic E-state index is 0.364. The van der Waals surface area contributed by atoms with Gasteiger partial charge >= 0.3 is 5.97 Å². The van der Waals surface area contributed by atoms with Crippen molar-refractivity contribution < 1.29 is 9.53 Å². The Morgan fingerprint density at radius 1 is 1.47 bits per heavy atom. The zero-order valence-electron chi connectivity index (χ0n) is 9.12. The number of aromatic nitrogens is 2. The zero-order valence-corrected chi connectivity index (χ0v) is 10.8. The monoisotopic (exact) mass is 266 g/mol. The van der Waals surface area contributed by atoms with Crippen LogP contribution < -0.4 is 0 Å². The molecule has 0 aromatic carbocycles. The van der Waals surface area contributed by atoms with E-state index in [0.29, 0.717) is 5.56 Å². The summed E-state index contributed by atoms with van der Waals surface area (Å²) in [5.74, 6) is 0.381. The number of hydrogen-bond acceptors (Lipinski definition) is 6. The van der Waals surface area contributed by atoms with Gasteiger partial charge in [0, 0.05) is 23.5 Å². The lowest BCUT2D eigenvalue weighted by molar-refractivity contribution is 0.0600. The third-order valence-corrected chi connectivity index (χ3v) is 4.00. The zero-order chi connectivity index (χ0) is 12.1. The Bertz CT molecular complexity index is 483. The van der Waals surface area contributed by atoms with Crippen LogP contribution in [-0.2, 0) is 10.5 Å². The third-order valence-electron chi connectivity index (χ3n) is 2.00. The van der Waals surface area contributed by atoms with Crippen molar-refractivity contribution in [3.63, 3.8) is 0 Å². The molecule has 2 aromatic rings. The number of hydrogen-bond donors (Lipinski definition) is 0. The Balaban J connectivity index is 1.96. The summed E-state index contributed by atoms with van der Waals surface area (Å²) in [6.45, 7) is 0. The van der Waals surface area contributed by atoms with Crippen molar-refractivity contribution in [1.29, 1.82) is 0 Å². The van der Waals surface area contributed by atoms with Crippen LogP contribution in [0.15, 0.2) is 34.2 Å². The Labute approximate surface area is 107 Å². The molecule has 0 aliphatic heterocycles. The molecule has 2 rings (SSSR count). The molecule has 0 spiro atoms. The number of thioether (sulfide) groups is 1. The lowest BCUT2D eigenvalue weighted by atomic mass is 10.2. The fourth-order valence-corrected chi connectivity index (χ4v) is 2.72. The molecule has 0 unspecified atom stereocenters. The maximum Gasteiger partial charge on any atom is 0.339 e. The molecule has 17 heavy (non-hydrogen) atoms. The van der Waals surface area contributed by atoms with Gasteiger partial charge < -0.3 is 4.74 Å². The van der Waals surface area contributed by atoms with Gasteiger partial charge in [-0.25, -0.2) is 9.78 Å². The van der Waals surface area contributed by atoms with E-state index in [1.165, 1.54) is 13.3 Å². The minimum Gasteiger partial charge on any atom is -0.465 e. The predicted molar refractivity (Wildman–Crippen MR) is 67.3 cm³/mol. The molecule has 2 heterocycles. The highest BCUT2D eigenvalue weighted by Gasteiger charge is 2.05. The van der Waals surface area contributed by atoms with Crippen LogP contribution >= 0.6 is 23.1 Å². The van der Waals surface area contributed by atoms with Crippen molar-refractivity contribution in [3.8, 4) is 0 Å². The summed E-state index contributed by atoms with van der Waals surface area (Å²) in [6.07, 6.45) is 3.31. The molecule has 0 saturated heterocycles. The number of nitrogens with zero attached hydrogens (tertiary/aromatic N) is 2. The quantitative estimate of drug-likeness (QED) is 0.629. The summed E-state index contributed by atoms with van der Waals surface area (Å²) in [7, 11) is 1.36. The van der Waals surface area contributed by atoms with Crippen LogP contribution in [0.5, 0.6) is 0 Å². The smallest absolute Gasteiger partial charge is 0.339 e. The van der Waals surface area contributed by atoms with E-state index in [2.05, 4.69) is 14.7 Å². The number of carbonyl (C=O) groups excluding carboxylic acids is 1. The van der Waals surface area contributed by atoms with Crippen molar-refractivity contribution in [2.75, 3.05) is 7.11 Å². The number of pyridine rings is 1. The van der Waals surface area contributed by atoms with Gasteiger partial charge in [0.05, 0.1) is 18.4 Å². The second-order valence-electron chi connectivity index (χ2n) is 3.12. The first-order valence-electron chi connectivity index (χ1n) is 4.85. The normalized spacial score (nSPS) is 10.2. The highest BCUT2D eigenvalue weighted by Crippen LogP contribution is 2.23. The van der Waals surface area contributed by atoms with Crippen LogP contribution in [-0.4, -0.2) is 23.0 Å². The van der Waals surface area contributed by atoms with Gasteiger partial charge in [-0.1, -0.05) is 11.8 Å². The SMILES string of the molecule is COC(=O)c1ccc(CSc2nccs2)nc1. The second kappa shape index (κ2) is 5.79. The van der Waals surface area contributed by atoms with Gasteiger partial charge in [-0.05, 0) is 12.1 Å². The highest BCUT2D eigenvalue weighted by molar-refractivity contribution is 8.00. The Morgan fingerprint density at radius 2 is 2.35 bits per heavy atom. The van der Waals surface area contributed by atoms with Gasteiger partial charge in [-0.3, -0.25) is 4.98 Å². The highest BCUT2D eigenvalue weighted by atomic mass is 32.2. The van der Waals surface area contributed by atoms with Crippen molar-refractivity contribution >= 4 is 29.1 Å². The second-order valence-corrected chi connectivity index (χ2v) is 5.23. The predicted octanol–water partition coefficient (Wildman–Crippen LogP) is 2.62. The summed E-state index contributed by atoms with van der Waals surface area (Å²) in [5.41, 5.74) is 1.38. The third kappa shape index (κ3) is 3.28. The van der Waals surface area contributed by atoms with Gasteiger partial charge in [-0.2, -0.15) is 0 Å². The fraction of sp³-hybridized carbons (Fsp3) is 0.182. The summed E-state index contributed by atoms with van der Waals surface area (Å²) < 4.78 is 5.62. The van der Waals surface area contributed by atoms with Crippen LogP contribution in [0.25, 0.3) is 0 Å². The van der Waals surface area contributed by atoms with Gasteiger partial charge in [0.2, 0.25) is 0 Å². The van der Waals surface area contributed by atoms with Crippen molar-refractivity contribution in [2.45, 2.75) is 10.1 Å². The Kier molecular flexibility index (Phi) is 4.11. The first kappa shape index (κ1) is 12.1. The summed E-state index contributed by atoms with van der Waals surface area (Å²) in [4.78, 5) is 19.6. The van der Waals surface area contributed by atoms with E-state index in [9.17, 15) is 4.79 Å². The van der Waals surface area contributed by atoms with Crippen LogP contribution in [0.3, 0.4) is 0 Å². The molecule has 0 atom stereocenters. The molecule has 0 fully saturated rings. The Morgan fingerprint density at radius 3 is 2.94 bits per heavy atom. The molecule has 88 valence electrons. The van der Waals surface area contributed by atoms with Crippen molar-refractivity contribution in [3.05, 3.63) is 41.2 Å². The average Bonchev–Trinajstić information content (AvgIpc) is 2.89. The van der Waals surface area contributed by atoms with Crippen molar-refractivity contribution in [1.82, 2.24) is 9.97 Å². The largest absolute Gasteiger partial charge is 0.465 e. The number of thiazole rings is 1. The lowest BCUT2D eigenvalue weighted by Crippen LogP contribution is -2.02. The standard InChI is InChI=1S/C11H10N2O2S2/c1-15-10(14)8-2-3-9(13-6-8)7-17-11-12-4-5-16-11/h2-6H,7H2,1H3. The van der Waals surface area contributed by atoms with Crippen LogP contribution in [0.1, 0.15) is 16.1 Å². The molecule has 4 nitrogen and oxygen atoms in total. The first-order chi connectivity index (χ1) is 8.29. The van der Waals surface area contributed by atoms with E-state index < -0.39 is 0 Å². The maximum absolute atomic E-state index is 11.2. The Hall–Kier alpha value is -1.40. The topological polar surface area (TPSA) is 52.1 Å². The van der Waals surface area contributed by atoms with E-state index in [4.69, 9.17) is 0 Å². The van der Waals surface area contributed by atoms with Crippen molar-refractivity contribution in [2.24, 2.45) is 0 Å². The number of carbonyl (C=O) groups is 1. The van der Waals surface area contributed by atoms with E-state index in [1.54, 1.807) is 35.4 Å². The van der Waals surface area contributed by atoms with E-state index in [0.717, 1.165) is 15.8 Å². The summed E-state index contributed by atoms with van der Waals surface area (Å²) in [6, 6.07) is 3.55. The maximum atomic E-state index is 11.2. The summed E-state index contributed by atoms with van der Waals surface area (Å²) >= 11 is 3.23.